The molecule has 1 saturated heterocycles. The summed E-state index contributed by atoms with van der Waals surface area (Å²) in [4.78, 5) is 11.8. The molecule has 1 aliphatic heterocycles. The smallest absolute Gasteiger partial charge is 0.261 e. The molecule has 92 valence electrons. The Kier molecular flexibility index (Phi) is 3.52. The van der Waals surface area contributed by atoms with Gasteiger partial charge in [-0.15, -0.1) is 0 Å². The van der Waals surface area contributed by atoms with Crippen LogP contribution in [0.2, 0.25) is 0 Å². The van der Waals surface area contributed by atoms with E-state index in [9.17, 15) is 4.79 Å². The van der Waals surface area contributed by atoms with Gasteiger partial charge in [-0.05, 0) is 37.8 Å². The van der Waals surface area contributed by atoms with Crippen molar-refractivity contribution >= 4 is 11.6 Å². The second kappa shape index (κ2) is 5.08. The first-order chi connectivity index (χ1) is 8.18. The molecule has 0 radical (unpaired) electrons. The van der Waals surface area contributed by atoms with Crippen LogP contribution in [0.1, 0.15) is 24.8 Å². The minimum absolute atomic E-state index is 0.0369. The fourth-order valence-corrected chi connectivity index (χ4v) is 2.00. The van der Waals surface area contributed by atoms with E-state index in [4.69, 9.17) is 10.5 Å². The van der Waals surface area contributed by atoms with Crippen molar-refractivity contribution in [2.45, 2.75) is 32.3 Å². The number of hydrogen-bond donors (Lipinski definition) is 2. The van der Waals surface area contributed by atoms with Crippen LogP contribution in [0.3, 0.4) is 0 Å². The van der Waals surface area contributed by atoms with Crippen molar-refractivity contribution < 1.29 is 9.53 Å². The first kappa shape index (κ1) is 11.8. The molecule has 0 bridgehead atoms. The molecule has 3 N–H and O–H groups in total. The van der Waals surface area contributed by atoms with Gasteiger partial charge in [0, 0.05) is 6.54 Å². The maximum Gasteiger partial charge on any atom is 0.261 e. The first-order valence-corrected chi connectivity index (χ1v) is 5.98. The third kappa shape index (κ3) is 2.70. The quantitative estimate of drug-likeness (QED) is 0.764. The molecule has 2 rings (SSSR count). The molecule has 0 spiro atoms. The van der Waals surface area contributed by atoms with Gasteiger partial charge in [0.05, 0.1) is 5.69 Å². The lowest BCUT2D eigenvalue weighted by Gasteiger charge is -2.18. The highest BCUT2D eigenvalue weighted by Gasteiger charge is 2.23. The molecule has 1 atom stereocenters. The molecule has 0 aliphatic carbocycles. The van der Waals surface area contributed by atoms with Gasteiger partial charge < -0.3 is 15.8 Å². The Balaban J connectivity index is 2.16. The first-order valence-electron chi connectivity index (χ1n) is 5.98. The summed E-state index contributed by atoms with van der Waals surface area (Å²) in [5, 5.41) is 2.85. The number of anilines is 1. The van der Waals surface area contributed by atoms with E-state index in [1.165, 1.54) is 0 Å². The molecule has 1 fully saturated rings. The Hall–Kier alpha value is -1.71. The Labute approximate surface area is 101 Å². The number of nitrogens with one attached hydrogen (secondary N) is 1. The minimum atomic E-state index is -0.416. The topological polar surface area (TPSA) is 64.3 Å². The summed E-state index contributed by atoms with van der Waals surface area (Å²) in [5.74, 6) is 0.597. The zero-order chi connectivity index (χ0) is 12.3. The number of rotatable bonds is 2. The lowest BCUT2D eigenvalue weighted by molar-refractivity contribution is -0.127. The number of nitrogens with two attached hydrogens (primary N) is 1. The SMILES string of the molecule is Cc1cccc(N)c1OC1CCCCNC1=O. The maximum absolute atomic E-state index is 11.8. The largest absolute Gasteiger partial charge is 0.478 e. The molecule has 4 heteroatoms. The highest BCUT2D eigenvalue weighted by Crippen LogP contribution is 2.27. The van der Waals surface area contributed by atoms with Crippen LogP contribution in [-0.4, -0.2) is 18.6 Å². The van der Waals surface area contributed by atoms with E-state index in [-0.39, 0.29) is 5.91 Å². The fraction of sp³-hybridized carbons (Fsp3) is 0.462. The Morgan fingerprint density at radius 1 is 1.41 bits per heavy atom. The summed E-state index contributed by atoms with van der Waals surface area (Å²) in [6, 6.07) is 5.60. The molecule has 1 amide bonds. The third-order valence-electron chi connectivity index (χ3n) is 2.99. The number of ether oxygens (including phenoxy) is 1. The van der Waals surface area contributed by atoms with Gasteiger partial charge >= 0.3 is 0 Å². The number of aryl methyl sites for hydroxylation is 1. The molecule has 1 aromatic carbocycles. The molecule has 1 unspecified atom stereocenters. The molecule has 0 aromatic heterocycles. The average Bonchev–Trinajstić information content (AvgIpc) is 2.49. The van der Waals surface area contributed by atoms with Crippen LogP contribution in [-0.2, 0) is 4.79 Å². The molecule has 17 heavy (non-hydrogen) atoms. The number of nitrogen functional groups attached to an aromatic ring is 1. The van der Waals surface area contributed by atoms with Crippen LogP contribution in [0.5, 0.6) is 5.75 Å². The zero-order valence-corrected chi connectivity index (χ0v) is 10.0. The number of amides is 1. The van der Waals surface area contributed by atoms with E-state index < -0.39 is 6.10 Å². The van der Waals surface area contributed by atoms with E-state index in [1.54, 1.807) is 6.07 Å². The summed E-state index contributed by atoms with van der Waals surface area (Å²) in [6.07, 6.45) is 2.34. The van der Waals surface area contributed by atoms with E-state index >= 15 is 0 Å². The van der Waals surface area contributed by atoms with Gasteiger partial charge in [0.25, 0.3) is 5.91 Å². The predicted octanol–water partition coefficient (Wildman–Crippen LogP) is 1.62. The van der Waals surface area contributed by atoms with Crippen molar-refractivity contribution in [2.75, 3.05) is 12.3 Å². The predicted molar refractivity (Wildman–Crippen MR) is 66.9 cm³/mol. The van der Waals surface area contributed by atoms with Gasteiger partial charge in [-0.3, -0.25) is 4.79 Å². The molecule has 4 nitrogen and oxygen atoms in total. The van der Waals surface area contributed by atoms with Crippen molar-refractivity contribution in [1.82, 2.24) is 5.32 Å². The van der Waals surface area contributed by atoms with Crippen LogP contribution in [0.15, 0.2) is 18.2 Å². The number of benzene rings is 1. The lowest BCUT2D eigenvalue weighted by atomic mass is 10.1. The third-order valence-corrected chi connectivity index (χ3v) is 2.99. The Morgan fingerprint density at radius 3 is 3.00 bits per heavy atom. The van der Waals surface area contributed by atoms with E-state index in [2.05, 4.69) is 5.32 Å². The minimum Gasteiger partial charge on any atom is -0.478 e. The van der Waals surface area contributed by atoms with E-state index in [0.29, 0.717) is 11.4 Å². The highest BCUT2D eigenvalue weighted by atomic mass is 16.5. The Bertz CT molecular complexity index is 398. The average molecular weight is 234 g/mol. The number of hydrogen-bond acceptors (Lipinski definition) is 3. The van der Waals surface area contributed by atoms with Gasteiger partial charge in [0.1, 0.15) is 5.75 Å². The van der Waals surface area contributed by atoms with Crippen LogP contribution < -0.4 is 15.8 Å². The fourth-order valence-electron chi connectivity index (χ4n) is 2.00. The van der Waals surface area contributed by atoms with Gasteiger partial charge in [-0.1, -0.05) is 12.1 Å². The zero-order valence-electron chi connectivity index (χ0n) is 10.0. The van der Waals surface area contributed by atoms with Crippen molar-refractivity contribution in [3.05, 3.63) is 23.8 Å². The number of carbonyl (C=O) groups is 1. The van der Waals surface area contributed by atoms with Crippen LogP contribution in [0.4, 0.5) is 5.69 Å². The summed E-state index contributed by atoms with van der Waals surface area (Å²) in [5.41, 5.74) is 7.41. The van der Waals surface area contributed by atoms with Gasteiger partial charge in [-0.2, -0.15) is 0 Å². The van der Waals surface area contributed by atoms with Crippen molar-refractivity contribution in [2.24, 2.45) is 0 Å². The molecular weight excluding hydrogens is 216 g/mol. The second-order valence-corrected chi connectivity index (χ2v) is 4.39. The van der Waals surface area contributed by atoms with Crippen molar-refractivity contribution in [1.29, 1.82) is 0 Å². The van der Waals surface area contributed by atoms with E-state index in [0.717, 1.165) is 31.4 Å². The maximum atomic E-state index is 11.8. The summed E-state index contributed by atoms with van der Waals surface area (Å²) >= 11 is 0. The second-order valence-electron chi connectivity index (χ2n) is 4.39. The standard InChI is InChI=1S/C13H18N2O2/c1-9-5-4-6-10(14)12(9)17-11-7-2-3-8-15-13(11)16/h4-6,11H,2-3,7-8,14H2,1H3,(H,15,16). The Morgan fingerprint density at radius 2 is 2.24 bits per heavy atom. The number of para-hydroxylation sites is 1. The number of carbonyl (C=O) groups excluding carboxylic acids is 1. The molecule has 1 aromatic rings. The van der Waals surface area contributed by atoms with Crippen molar-refractivity contribution in [3.8, 4) is 5.75 Å². The molecule has 1 aliphatic rings. The van der Waals surface area contributed by atoms with Gasteiger partial charge in [0.2, 0.25) is 0 Å². The summed E-state index contributed by atoms with van der Waals surface area (Å²) in [7, 11) is 0. The molecule has 0 saturated carbocycles. The molecule has 1 heterocycles. The summed E-state index contributed by atoms with van der Waals surface area (Å²) < 4.78 is 5.77. The van der Waals surface area contributed by atoms with Crippen LogP contribution in [0, 0.1) is 6.92 Å². The summed E-state index contributed by atoms with van der Waals surface area (Å²) in [6.45, 7) is 2.67. The highest BCUT2D eigenvalue weighted by molar-refractivity contribution is 5.81. The lowest BCUT2D eigenvalue weighted by Crippen LogP contribution is -2.36. The molecular formula is C13H18N2O2. The normalized spacial score (nSPS) is 20.5. The van der Waals surface area contributed by atoms with E-state index in [1.807, 2.05) is 19.1 Å². The van der Waals surface area contributed by atoms with Crippen LogP contribution in [0.25, 0.3) is 0 Å². The van der Waals surface area contributed by atoms with Crippen LogP contribution >= 0.6 is 0 Å². The van der Waals surface area contributed by atoms with Gasteiger partial charge in [-0.25, -0.2) is 0 Å². The van der Waals surface area contributed by atoms with Crippen molar-refractivity contribution in [3.63, 3.8) is 0 Å². The van der Waals surface area contributed by atoms with Gasteiger partial charge in [0.15, 0.2) is 6.10 Å². The monoisotopic (exact) mass is 234 g/mol.